The van der Waals surface area contributed by atoms with E-state index in [1.54, 1.807) is 0 Å². The number of hydrazine groups is 1. The molecule has 1 aliphatic heterocycles. The summed E-state index contributed by atoms with van der Waals surface area (Å²) >= 11 is 8.77. The van der Waals surface area contributed by atoms with Crippen LogP contribution in [0, 0.1) is 28.6 Å². The van der Waals surface area contributed by atoms with Gasteiger partial charge in [-0.25, -0.2) is 0 Å². The monoisotopic (exact) mass is 461 g/mol. The molecular weight excluding hydrogens is 438 g/mol. The topological polar surface area (TPSA) is 61.4 Å². The number of allylic oxidation sites excluding steroid dienone is 2. The Labute approximate surface area is 179 Å². The Morgan fingerprint density at radius 2 is 1.64 bits per heavy atom. The molecule has 2 fully saturated rings. The minimum atomic E-state index is -0.343. The van der Waals surface area contributed by atoms with E-state index in [1.165, 1.54) is 11.1 Å². The molecule has 0 aromatic heterocycles. The van der Waals surface area contributed by atoms with Crippen LogP contribution in [0.1, 0.15) is 34.6 Å². The number of rotatable bonds is 2. The second kappa shape index (κ2) is 6.13. The van der Waals surface area contributed by atoms with Crippen LogP contribution in [0.25, 0.3) is 0 Å². The predicted molar refractivity (Wildman–Crippen MR) is 116 cm³/mol. The summed E-state index contributed by atoms with van der Waals surface area (Å²) in [4.78, 5) is 26.6. The molecule has 2 aliphatic carbocycles. The van der Waals surface area contributed by atoms with Crippen molar-refractivity contribution in [1.29, 1.82) is 0 Å². The zero-order chi connectivity index (χ0) is 20.6. The van der Waals surface area contributed by atoms with Gasteiger partial charge in [0, 0.05) is 21.0 Å². The predicted octanol–water partition coefficient (Wildman–Crippen LogP) is 4.26. The normalized spacial score (nSPS) is 36.2. The quantitative estimate of drug-likeness (QED) is 0.391. The number of imide groups is 1. The number of anilines is 1. The molecule has 4 unspecified atom stereocenters. The molecule has 0 spiro atoms. The first-order valence-corrected chi connectivity index (χ1v) is 10.6. The number of hydrogen-bond acceptors (Lipinski definition) is 3. The van der Waals surface area contributed by atoms with E-state index in [-0.39, 0.29) is 45.5 Å². The highest BCUT2D eigenvalue weighted by atomic mass is 79.9. The molecule has 4 atom stereocenters. The van der Waals surface area contributed by atoms with E-state index >= 15 is 0 Å². The number of carbonyl (C=O) groups is 2. The SMILES string of the molecule is CC1=C(C)C2(C)C3C(=O)N(NC(=S)Nc4cccc(Br)c4)C(=O)C3C1(C)C2C. The Hall–Kier alpha value is -1.73. The molecule has 5 nitrogen and oxygen atoms in total. The van der Waals surface area contributed by atoms with Crippen molar-refractivity contribution >= 4 is 50.8 Å². The van der Waals surface area contributed by atoms with Crippen molar-refractivity contribution in [2.75, 3.05) is 5.32 Å². The summed E-state index contributed by atoms with van der Waals surface area (Å²) in [6.45, 7) is 10.7. The Morgan fingerprint density at radius 1 is 1.11 bits per heavy atom. The molecule has 1 heterocycles. The van der Waals surface area contributed by atoms with E-state index in [0.29, 0.717) is 0 Å². The highest BCUT2D eigenvalue weighted by molar-refractivity contribution is 9.10. The standard InChI is InChI=1S/C21H24BrN3O2S/c1-10-11(2)21(5)12(3)20(10,4)15-16(21)18(27)25(17(15)26)24-19(28)23-14-8-6-7-13(22)9-14/h6-9,12,15-16H,1-5H3,(H2,23,24,28). The highest BCUT2D eigenvalue weighted by Crippen LogP contribution is 2.73. The van der Waals surface area contributed by atoms with E-state index in [4.69, 9.17) is 12.2 Å². The largest absolute Gasteiger partial charge is 0.331 e. The van der Waals surface area contributed by atoms with Gasteiger partial charge < -0.3 is 5.32 Å². The summed E-state index contributed by atoms with van der Waals surface area (Å²) in [6, 6.07) is 7.52. The van der Waals surface area contributed by atoms with E-state index in [9.17, 15) is 9.59 Å². The lowest BCUT2D eigenvalue weighted by atomic mass is 9.66. The van der Waals surface area contributed by atoms with Crippen molar-refractivity contribution in [2.24, 2.45) is 28.6 Å². The zero-order valence-corrected chi connectivity index (χ0v) is 19.0. The molecule has 0 radical (unpaired) electrons. The molecule has 1 saturated carbocycles. The van der Waals surface area contributed by atoms with Crippen molar-refractivity contribution in [3.63, 3.8) is 0 Å². The molecule has 1 aromatic carbocycles. The van der Waals surface area contributed by atoms with Gasteiger partial charge in [0.05, 0.1) is 11.8 Å². The molecule has 1 saturated heterocycles. The van der Waals surface area contributed by atoms with Crippen LogP contribution in [0.3, 0.4) is 0 Å². The summed E-state index contributed by atoms with van der Waals surface area (Å²) in [5.41, 5.74) is 5.52. The first-order valence-electron chi connectivity index (χ1n) is 9.44. The van der Waals surface area contributed by atoms with Gasteiger partial charge in [-0.05, 0) is 50.2 Å². The molecule has 3 aliphatic rings. The molecule has 28 heavy (non-hydrogen) atoms. The van der Waals surface area contributed by atoms with Gasteiger partial charge >= 0.3 is 0 Å². The smallest absolute Gasteiger partial charge is 0.253 e. The van der Waals surface area contributed by atoms with E-state index < -0.39 is 0 Å². The molecule has 4 rings (SSSR count). The third-order valence-corrected chi connectivity index (χ3v) is 8.56. The van der Waals surface area contributed by atoms with Crippen molar-refractivity contribution in [3.05, 3.63) is 39.9 Å². The number of hydrogen-bond donors (Lipinski definition) is 2. The number of carbonyl (C=O) groups excluding carboxylic acids is 2. The number of halogens is 1. The first kappa shape index (κ1) is 19.6. The third-order valence-electron chi connectivity index (χ3n) is 7.87. The van der Waals surface area contributed by atoms with Crippen LogP contribution in [0.2, 0.25) is 0 Å². The van der Waals surface area contributed by atoms with Crippen LogP contribution in [-0.4, -0.2) is 21.9 Å². The second-order valence-electron chi connectivity index (χ2n) is 8.58. The van der Waals surface area contributed by atoms with E-state index in [2.05, 4.69) is 61.3 Å². The van der Waals surface area contributed by atoms with Gasteiger partial charge in [-0.1, -0.05) is 53.9 Å². The maximum Gasteiger partial charge on any atom is 0.253 e. The van der Waals surface area contributed by atoms with Crippen LogP contribution in [0.15, 0.2) is 39.9 Å². The van der Waals surface area contributed by atoms with Crippen LogP contribution in [0.5, 0.6) is 0 Å². The summed E-state index contributed by atoms with van der Waals surface area (Å²) in [5.74, 6) is -0.803. The lowest BCUT2D eigenvalue weighted by molar-refractivity contribution is -0.144. The highest BCUT2D eigenvalue weighted by Gasteiger charge is 2.75. The number of amides is 2. The summed E-state index contributed by atoms with van der Waals surface area (Å²) < 4.78 is 0.909. The molecule has 148 valence electrons. The lowest BCUT2D eigenvalue weighted by Gasteiger charge is -2.34. The lowest BCUT2D eigenvalue weighted by Crippen LogP contribution is -2.50. The van der Waals surface area contributed by atoms with Crippen LogP contribution < -0.4 is 10.7 Å². The fourth-order valence-corrected chi connectivity index (χ4v) is 6.51. The summed E-state index contributed by atoms with van der Waals surface area (Å²) in [6.07, 6.45) is 0. The van der Waals surface area contributed by atoms with Crippen LogP contribution in [0.4, 0.5) is 5.69 Å². The van der Waals surface area contributed by atoms with Gasteiger partial charge in [0.2, 0.25) is 0 Å². The Balaban J connectivity index is 1.60. The fourth-order valence-electron chi connectivity index (χ4n) is 5.90. The minimum Gasteiger partial charge on any atom is -0.331 e. The number of nitrogens with one attached hydrogen (secondary N) is 2. The molecule has 2 amide bonds. The van der Waals surface area contributed by atoms with Crippen molar-refractivity contribution in [3.8, 4) is 0 Å². The van der Waals surface area contributed by atoms with Gasteiger partial charge in [-0.3, -0.25) is 15.0 Å². The zero-order valence-electron chi connectivity index (χ0n) is 16.6. The summed E-state index contributed by atoms with van der Waals surface area (Å²) in [5, 5.41) is 4.39. The van der Waals surface area contributed by atoms with Crippen molar-refractivity contribution in [1.82, 2.24) is 10.4 Å². The third kappa shape index (κ3) is 2.26. The second-order valence-corrected chi connectivity index (χ2v) is 9.90. The average Bonchev–Trinajstić information content (AvgIpc) is 3.04. The molecule has 2 bridgehead atoms. The molecular formula is C21H24BrN3O2S. The average molecular weight is 462 g/mol. The van der Waals surface area contributed by atoms with Gasteiger partial charge in [-0.2, -0.15) is 5.01 Å². The Bertz CT molecular complexity index is 917. The van der Waals surface area contributed by atoms with E-state index in [0.717, 1.165) is 15.2 Å². The molecule has 1 aromatic rings. The summed E-state index contributed by atoms with van der Waals surface area (Å²) in [7, 11) is 0. The van der Waals surface area contributed by atoms with Crippen molar-refractivity contribution in [2.45, 2.75) is 34.6 Å². The van der Waals surface area contributed by atoms with Gasteiger partial charge in [0.15, 0.2) is 5.11 Å². The van der Waals surface area contributed by atoms with Crippen molar-refractivity contribution < 1.29 is 9.59 Å². The first-order chi connectivity index (χ1) is 13.0. The maximum atomic E-state index is 13.3. The van der Waals surface area contributed by atoms with Gasteiger partial charge in [0.1, 0.15) is 0 Å². The number of benzene rings is 1. The Kier molecular flexibility index (Phi) is 4.29. The molecule has 2 N–H and O–H groups in total. The number of nitrogens with zero attached hydrogens (tertiary/aromatic N) is 1. The Morgan fingerprint density at radius 3 is 2.14 bits per heavy atom. The van der Waals surface area contributed by atoms with Gasteiger partial charge in [-0.15, -0.1) is 0 Å². The minimum absolute atomic E-state index is 0.182. The van der Waals surface area contributed by atoms with Crippen LogP contribution in [-0.2, 0) is 9.59 Å². The van der Waals surface area contributed by atoms with Crippen LogP contribution >= 0.6 is 28.1 Å². The van der Waals surface area contributed by atoms with E-state index in [1.807, 2.05) is 24.3 Å². The number of thiocarbonyl (C=S) groups is 1. The molecule has 7 heteroatoms. The fraction of sp³-hybridized carbons (Fsp3) is 0.476. The van der Waals surface area contributed by atoms with Gasteiger partial charge in [0.25, 0.3) is 11.8 Å². The maximum absolute atomic E-state index is 13.3. The number of fused-ring (bicyclic) bond motifs is 5.